The topological polar surface area (TPSA) is 115 Å². The molecule has 8 heteroatoms. The van der Waals surface area contributed by atoms with Crippen LogP contribution in [0.2, 0.25) is 0 Å². The molecule has 21 heavy (non-hydrogen) atoms. The molecule has 0 amide bonds. The first-order chi connectivity index (χ1) is 10.0. The first-order valence-corrected chi connectivity index (χ1v) is 6.10. The highest BCUT2D eigenvalue weighted by atomic mass is 16.6. The number of fused-ring (bicyclic) bond motifs is 1. The fourth-order valence-corrected chi connectivity index (χ4v) is 2.01. The van der Waals surface area contributed by atoms with Gasteiger partial charge in [-0.25, -0.2) is 4.98 Å². The number of nitro benzene ring substituents is 1. The smallest absolute Gasteiger partial charge is 0.305 e. The van der Waals surface area contributed by atoms with Crippen LogP contribution < -0.4 is 10.1 Å². The summed E-state index contributed by atoms with van der Waals surface area (Å²) >= 11 is 0. The third kappa shape index (κ3) is 2.99. The standard InChI is InChI=1S/C13H13N3O5/c1-21-10-3-2-9(16(19)20)12-8(10)4-6-14-13(12)15-7-5-11(17)18/h2-4,6H,5,7H2,1H3,(H,14,15)(H,17,18). The number of rotatable bonds is 6. The Kier molecular flexibility index (Phi) is 4.17. The molecule has 0 aliphatic carbocycles. The summed E-state index contributed by atoms with van der Waals surface area (Å²) < 4.78 is 5.19. The zero-order valence-electron chi connectivity index (χ0n) is 11.2. The zero-order chi connectivity index (χ0) is 15.4. The molecule has 0 bridgehead atoms. The minimum atomic E-state index is -0.963. The molecular formula is C13H13N3O5. The van der Waals surface area contributed by atoms with E-state index in [-0.39, 0.29) is 24.5 Å². The van der Waals surface area contributed by atoms with Crippen LogP contribution in [0.3, 0.4) is 0 Å². The van der Waals surface area contributed by atoms with Crippen LogP contribution in [0.5, 0.6) is 5.75 Å². The Morgan fingerprint density at radius 3 is 2.86 bits per heavy atom. The van der Waals surface area contributed by atoms with Crippen molar-refractivity contribution in [1.29, 1.82) is 0 Å². The molecule has 0 spiro atoms. The van der Waals surface area contributed by atoms with Gasteiger partial charge in [-0.1, -0.05) is 0 Å². The van der Waals surface area contributed by atoms with E-state index in [2.05, 4.69) is 10.3 Å². The highest BCUT2D eigenvalue weighted by Crippen LogP contribution is 2.36. The van der Waals surface area contributed by atoms with Gasteiger partial charge in [0.05, 0.1) is 18.5 Å². The van der Waals surface area contributed by atoms with E-state index >= 15 is 0 Å². The lowest BCUT2D eigenvalue weighted by molar-refractivity contribution is -0.383. The highest BCUT2D eigenvalue weighted by Gasteiger charge is 2.19. The summed E-state index contributed by atoms with van der Waals surface area (Å²) in [7, 11) is 1.47. The van der Waals surface area contributed by atoms with Gasteiger partial charge in [0, 0.05) is 24.2 Å². The Morgan fingerprint density at radius 1 is 1.48 bits per heavy atom. The number of non-ortho nitro benzene ring substituents is 1. The molecule has 1 aromatic heterocycles. The average Bonchev–Trinajstić information content (AvgIpc) is 2.45. The Labute approximate surface area is 119 Å². The maximum atomic E-state index is 11.2. The molecular weight excluding hydrogens is 278 g/mol. The van der Waals surface area contributed by atoms with Gasteiger partial charge in [0.15, 0.2) is 0 Å². The second-order valence-corrected chi connectivity index (χ2v) is 4.20. The Bertz CT molecular complexity index is 702. The van der Waals surface area contributed by atoms with Crippen LogP contribution in [0.1, 0.15) is 6.42 Å². The van der Waals surface area contributed by atoms with Crippen molar-refractivity contribution in [2.24, 2.45) is 0 Å². The van der Waals surface area contributed by atoms with E-state index in [1.54, 1.807) is 6.07 Å². The van der Waals surface area contributed by atoms with Crippen molar-refractivity contribution in [3.63, 3.8) is 0 Å². The predicted molar refractivity (Wildman–Crippen MR) is 75.7 cm³/mol. The second kappa shape index (κ2) is 6.04. The number of hydrogen-bond acceptors (Lipinski definition) is 6. The number of nitrogens with zero attached hydrogens (tertiary/aromatic N) is 2. The number of carboxylic acids is 1. The number of pyridine rings is 1. The van der Waals surface area contributed by atoms with Crippen molar-refractivity contribution in [3.05, 3.63) is 34.5 Å². The molecule has 2 N–H and O–H groups in total. The molecule has 2 rings (SSSR count). The lowest BCUT2D eigenvalue weighted by Crippen LogP contribution is -2.09. The van der Waals surface area contributed by atoms with Crippen LogP contribution in [0.4, 0.5) is 11.5 Å². The number of anilines is 1. The molecule has 0 atom stereocenters. The van der Waals surface area contributed by atoms with Gasteiger partial charge < -0.3 is 15.2 Å². The number of aromatic nitrogens is 1. The molecule has 0 fully saturated rings. The van der Waals surface area contributed by atoms with Gasteiger partial charge in [0.1, 0.15) is 17.0 Å². The molecule has 0 aliphatic heterocycles. The first-order valence-electron chi connectivity index (χ1n) is 6.10. The van der Waals surface area contributed by atoms with E-state index in [1.807, 2.05) is 0 Å². The minimum Gasteiger partial charge on any atom is -0.496 e. The van der Waals surface area contributed by atoms with Gasteiger partial charge in [0.25, 0.3) is 5.69 Å². The number of hydrogen-bond donors (Lipinski definition) is 2. The summed E-state index contributed by atoms with van der Waals surface area (Å²) in [6, 6.07) is 4.47. The van der Waals surface area contributed by atoms with Gasteiger partial charge in [-0.3, -0.25) is 14.9 Å². The van der Waals surface area contributed by atoms with E-state index in [4.69, 9.17) is 9.84 Å². The number of nitro groups is 1. The highest BCUT2D eigenvalue weighted by molar-refractivity contribution is 6.02. The van der Waals surface area contributed by atoms with E-state index in [1.165, 1.54) is 25.4 Å². The summed E-state index contributed by atoms with van der Waals surface area (Å²) in [5.74, 6) is -0.214. The van der Waals surface area contributed by atoms with Crippen LogP contribution >= 0.6 is 0 Å². The summed E-state index contributed by atoms with van der Waals surface area (Å²) in [5.41, 5.74) is -0.114. The summed E-state index contributed by atoms with van der Waals surface area (Å²) in [5, 5.41) is 23.5. The molecule has 1 heterocycles. The number of carboxylic acid groups (broad SMARTS) is 1. The maximum absolute atomic E-state index is 11.2. The van der Waals surface area contributed by atoms with E-state index in [0.29, 0.717) is 16.5 Å². The Morgan fingerprint density at radius 2 is 2.24 bits per heavy atom. The van der Waals surface area contributed by atoms with Crippen LogP contribution in [0.15, 0.2) is 24.4 Å². The number of nitrogens with one attached hydrogen (secondary N) is 1. The number of ether oxygens (including phenoxy) is 1. The van der Waals surface area contributed by atoms with Gasteiger partial charge in [-0.15, -0.1) is 0 Å². The SMILES string of the molecule is COc1ccc([N+](=O)[O-])c2c(NCCC(=O)O)nccc12. The molecule has 8 nitrogen and oxygen atoms in total. The second-order valence-electron chi connectivity index (χ2n) is 4.20. The molecule has 0 aliphatic rings. The fourth-order valence-electron chi connectivity index (χ4n) is 2.01. The van der Waals surface area contributed by atoms with Crippen molar-refractivity contribution in [2.45, 2.75) is 6.42 Å². The normalized spacial score (nSPS) is 10.3. The van der Waals surface area contributed by atoms with E-state index in [0.717, 1.165) is 0 Å². The number of carbonyl (C=O) groups is 1. The van der Waals surface area contributed by atoms with Crippen molar-refractivity contribution in [1.82, 2.24) is 4.98 Å². The lowest BCUT2D eigenvalue weighted by atomic mass is 10.1. The van der Waals surface area contributed by atoms with Crippen molar-refractivity contribution >= 4 is 28.2 Å². The zero-order valence-corrected chi connectivity index (χ0v) is 11.2. The fraction of sp³-hybridized carbons (Fsp3) is 0.231. The van der Waals surface area contributed by atoms with Gasteiger partial charge >= 0.3 is 5.97 Å². The molecule has 2 aromatic rings. The van der Waals surface area contributed by atoms with E-state index in [9.17, 15) is 14.9 Å². The summed E-state index contributed by atoms with van der Waals surface area (Å²) in [6.45, 7) is 0.121. The summed E-state index contributed by atoms with van der Waals surface area (Å²) in [6.07, 6.45) is 1.37. The molecule has 110 valence electrons. The number of methoxy groups -OCH3 is 1. The molecule has 0 unspecified atom stereocenters. The third-order valence-corrected chi connectivity index (χ3v) is 2.91. The molecule has 0 radical (unpaired) electrons. The Hall–Kier alpha value is -2.90. The van der Waals surface area contributed by atoms with Crippen LogP contribution in [0.25, 0.3) is 10.8 Å². The minimum absolute atomic E-state index is 0.114. The maximum Gasteiger partial charge on any atom is 0.305 e. The van der Waals surface area contributed by atoms with Crippen molar-refractivity contribution in [2.75, 3.05) is 19.0 Å². The number of benzene rings is 1. The van der Waals surface area contributed by atoms with E-state index < -0.39 is 10.9 Å². The van der Waals surface area contributed by atoms with Crippen LogP contribution in [-0.4, -0.2) is 34.6 Å². The van der Waals surface area contributed by atoms with Crippen LogP contribution in [0, 0.1) is 10.1 Å². The molecule has 0 saturated heterocycles. The largest absolute Gasteiger partial charge is 0.496 e. The molecule has 1 aromatic carbocycles. The third-order valence-electron chi connectivity index (χ3n) is 2.91. The van der Waals surface area contributed by atoms with Gasteiger partial charge in [-0.2, -0.15) is 0 Å². The quantitative estimate of drug-likeness (QED) is 0.618. The van der Waals surface area contributed by atoms with Crippen molar-refractivity contribution in [3.8, 4) is 5.75 Å². The average molecular weight is 291 g/mol. The van der Waals surface area contributed by atoms with Crippen molar-refractivity contribution < 1.29 is 19.6 Å². The van der Waals surface area contributed by atoms with Gasteiger partial charge in [-0.05, 0) is 12.1 Å². The van der Waals surface area contributed by atoms with Gasteiger partial charge in [0.2, 0.25) is 0 Å². The monoisotopic (exact) mass is 291 g/mol. The Balaban J connectivity index is 2.54. The predicted octanol–water partition coefficient (Wildman–Crippen LogP) is 2.04. The first kappa shape index (κ1) is 14.5. The lowest BCUT2D eigenvalue weighted by Gasteiger charge is -2.10. The number of aliphatic carboxylic acids is 1. The van der Waals surface area contributed by atoms with Crippen LogP contribution in [-0.2, 0) is 4.79 Å². The molecule has 0 saturated carbocycles. The summed E-state index contributed by atoms with van der Waals surface area (Å²) in [4.78, 5) is 25.3.